The van der Waals surface area contributed by atoms with Crippen molar-refractivity contribution < 1.29 is 8.78 Å². The van der Waals surface area contributed by atoms with E-state index >= 15 is 0 Å². The van der Waals surface area contributed by atoms with E-state index in [2.05, 4.69) is 15.2 Å². The van der Waals surface area contributed by atoms with Gasteiger partial charge in [-0.1, -0.05) is 13.8 Å². The summed E-state index contributed by atoms with van der Waals surface area (Å²) >= 11 is 0. The standard InChI is InChI=1S/C11H19F2N5/c1-3-8-9(4-2)16-17-11(15-8)18(6-5-14)7-10(12)13/h10H,3-7,14H2,1-2H3. The highest BCUT2D eigenvalue weighted by molar-refractivity contribution is 5.30. The fourth-order valence-electron chi connectivity index (χ4n) is 1.66. The molecule has 0 bridgehead atoms. The first-order chi connectivity index (χ1) is 8.62. The van der Waals surface area contributed by atoms with Crippen molar-refractivity contribution in [2.75, 3.05) is 24.5 Å². The Balaban J connectivity index is 2.97. The summed E-state index contributed by atoms with van der Waals surface area (Å²) in [4.78, 5) is 5.67. The maximum Gasteiger partial charge on any atom is 0.255 e. The minimum absolute atomic E-state index is 0.231. The van der Waals surface area contributed by atoms with Gasteiger partial charge < -0.3 is 10.6 Å². The molecular weight excluding hydrogens is 240 g/mol. The van der Waals surface area contributed by atoms with Crippen molar-refractivity contribution in [3.8, 4) is 0 Å². The zero-order valence-corrected chi connectivity index (χ0v) is 10.7. The number of nitrogens with two attached hydrogens (primary N) is 1. The maximum absolute atomic E-state index is 12.5. The first-order valence-corrected chi connectivity index (χ1v) is 6.07. The van der Waals surface area contributed by atoms with Crippen LogP contribution in [0.2, 0.25) is 0 Å². The summed E-state index contributed by atoms with van der Waals surface area (Å²) in [6, 6.07) is 0. The molecule has 0 saturated heterocycles. The number of anilines is 1. The lowest BCUT2D eigenvalue weighted by molar-refractivity contribution is 0.154. The van der Waals surface area contributed by atoms with Crippen LogP contribution in [0.4, 0.5) is 14.7 Å². The number of halogens is 2. The molecule has 0 atom stereocenters. The van der Waals surface area contributed by atoms with Crippen LogP contribution in [0.1, 0.15) is 25.2 Å². The van der Waals surface area contributed by atoms with Gasteiger partial charge in [0.2, 0.25) is 5.95 Å². The third-order valence-electron chi connectivity index (χ3n) is 2.54. The molecule has 0 aromatic carbocycles. The van der Waals surface area contributed by atoms with Crippen molar-refractivity contribution in [2.24, 2.45) is 5.73 Å². The molecule has 7 heteroatoms. The van der Waals surface area contributed by atoms with Crippen LogP contribution in [0.25, 0.3) is 0 Å². The molecule has 0 spiro atoms. The van der Waals surface area contributed by atoms with E-state index in [0.29, 0.717) is 13.0 Å². The molecule has 2 N–H and O–H groups in total. The third-order valence-corrected chi connectivity index (χ3v) is 2.54. The Morgan fingerprint density at radius 3 is 2.33 bits per heavy atom. The van der Waals surface area contributed by atoms with E-state index in [1.165, 1.54) is 4.90 Å². The topological polar surface area (TPSA) is 67.9 Å². The molecule has 5 nitrogen and oxygen atoms in total. The van der Waals surface area contributed by atoms with Gasteiger partial charge in [0.05, 0.1) is 17.9 Å². The molecular formula is C11H19F2N5. The highest BCUT2D eigenvalue weighted by Gasteiger charge is 2.16. The molecule has 18 heavy (non-hydrogen) atoms. The summed E-state index contributed by atoms with van der Waals surface area (Å²) in [5.74, 6) is 0.231. The minimum Gasteiger partial charge on any atom is -0.333 e. The lowest BCUT2D eigenvalue weighted by Gasteiger charge is -2.21. The fourth-order valence-corrected chi connectivity index (χ4v) is 1.66. The van der Waals surface area contributed by atoms with Gasteiger partial charge in [0.15, 0.2) is 0 Å². The summed E-state index contributed by atoms with van der Waals surface area (Å²) < 4.78 is 24.9. The molecule has 0 saturated carbocycles. The van der Waals surface area contributed by atoms with E-state index in [4.69, 9.17) is 5.73 Å². The van der Waals surface area contributed by atoms with Crippen molar-refractivity contribution in [3.05, 3.63) is 11.4 Å². The number of aromatic nitrogens is 3. The quantitative estimate of drug-likeness (QED) is 0.792. The molecule has 1 aromatic rings. The van der Waals surface area contributed by atoms with E-state index in [9.17, 15) is 8.78 Å². The van der Waals surface area contributed by atoms with Gasteiger partial charge in [-0.25, -0.2) is 13.8 Å². The molecule has 0 radical (unpaired) electrons. The van der Waals surface area contributed by atoms with Gasteiger partial charge in [0.1, 0.15) is 0 Å². The largest absolute Gasteiger partial charge is 0.333 e. The third kappa shape index (κ3) is 3.83. The van der Waals surface area contributed by atoms with Gasteiger partial charge in [-0.05, 0) is 12.8 Å². The highest BCUT2D eigenvalue weighted by atomic mass is 19.3. The smallest absolute Gasteiger partial charge is 0.255 e. The van der Waals surface area contributed by atoms with Crippen LogP contribution >= 0.6 is 0 Å². The molecule has 0 aliphatic heterocycles. The summed E-state index contributed by atoms with van der Waals surface area (Å²) in [5, 5.41) is 7.94. The van der Waals surface area contributed by atoms with E-state index in [-0.39, 0.29) is 12.5 Å². The molecule has 0 fully saturated rings. The van der Waals surface area contributed by atoms with E-state index < -0.39 is 13.0 Å². The monoisotopic (exact) mass is 259 g/mol. The molecule has 0 aliphatic carbocycles. The second kappa shape index (κ2) is 7.15. The zero-order chi connectivity index (χ0) is 13.5. The molecule has 1 heterocycles. The van der Waals surface area contributed by atoms with Crippen LogP contribution in [0.3, 0.4) is 0 Å². The Labute approximate surface area is 105 Å². The summed E-state index contributed by atoms with van der Waals surface area (Å²) in [6.07, 6.45) is -1.01. The van der Waals surface area contributed by atoms with Gasteiger partial charge in [-0.2, -0.15) is 5.10 Å². The average Bonchev–Trinajstić information content (AvgIpc) is 2.37. The van der Waals surface area contributed by atoms with E-state index in [0.717, 1.165) is 17.8 Å². The van der Waals surface area contributed by atoms with Crippen LogP contribution in [0.5, 0.6) is 0 Å². The lowest BCUT2D eigenvalue weighted by Crippen LogP contribution is -2.35. The highest BCUT2D eigenvalue weighted by Crippen LogP contribution is 2.12. The molecule has 0 aliphatic rings. The van der Waals surface area contributed by atoms with E-state index in [1.807, 2.05) is 13.8 Å². The molecule has 0 amide bonds. The fraction of sp³-hybridized carbons (Fsp3) is 0.727. The predicted octanol–water partition coefficient (Wildman–Crippen LogP) is 1.03. The van der Waals surface area contributed by atoms with Crippen LogP contribution in [0.15, 0.2) is 0 Å². The molecule has 1 aromatic heterocycles. The molecule has 102 valence electrons. The number of rotatable bonds is 7. The van der Waals surface area contributed by atoms with Crippen LogP contribution in [-0.2, 0) is 12.8 Å². The molecule has 0 unspecified atom stereocenters. The number of hydrogen-bond donors (Lipinski definition) is 1. The van der Waals surface area contributed by atoms with Crippen LogP contribution in [-0.4, -0.2) is 41.2 Å². The Hall–Kier alpha value is -1.37. The first kappa shape index (κ1) is 14.7. The predicted molar refractivity (Wildman–Crippen MR) is 65.9 cm³/mol. The van der Waals surface area contributed by atoms with Crippen molar-refractivity contribution in [3.63, 3.8) is 0 Å². The number of alkyl halides is 2. The van der Waals surface area contributed by atoms with Gasteiger partial charge in [-0.15, -0.1) is 5.10 Å². The van der Waals surface area contributed by atoms with Crippen LogP contribution in [0, 0.1) is 0 Å². The average molecular weight is 259 g/mol. The van der Waals surface area contributed by atoms with Gasteiger partial charge in [0.25, 0.3) is 6.43 Å². The zero-order valence-electron chi connectivity index (χ0n) is 10.7. The Bertz CT molecular complexity index is 372. The minimum atomic E-state index is -2.45. The van der Waals surface area contributed by atoms with Crippen LogP contribution < -0.4 is 10.6 Å². The van der Waals surface area contributed by atoms with Gasteiger partial charge in [0, 0.05) is 13.1 Å². The van der Waals surface area contributed by atoms with Crippen molar-refractivity contribution in [1.29, 1.82) is 0 Å². The number of hydrogen-bond acceptors (Lipinski definition) is 5. The summed E-state index contributed by atoms with van der Waals surface area (Å²) in [5.41, 5.74) is 7.02. The molecule has 1 rings (SSSR count). The number of nitrogens with zero attached hydrogens (tertiary/aromatic N) is 4. The van der Waals surface area contributed by atoms with Gasteiger partial charge >= 0.3 is 0 Å². The summed E-state index contributed by atoms with van der Waals surface area (Å²) in [6.45, 7) is 4.05. The normalized spacial score (nSPS) is 11.0. The second-order valence-corrected chi connectivity index (χ2v) is 3.84. The van der Waals surface area contributed by atoms with Crippen molar-refractivity contribution in [1.82, 2.24) is 15.2 Å². The van der Waals surface area contributed by atoms with Gasteiger partial charge in [-0.3, -0.25) is 0 Å². The van der Waals surface area contributed by atoms with Crippen molar-refractivity contribution >= 4 is 5.95 Å². The first-order valence-electron chi connectivity index (χ1n) is 6.07. The Kier molecular flexibility index (Phi) is 5.84. The SMILES string of the molecule is CCc1nnc(N(CCN)CC(F)F)nc1CC. The summed E-state index contributed by atoms with van der Waals surface area (Å²) in [7, 11) is 0. The lowest BCUT2D eigenvalue weighted by atomic mass is 10.2. The Morgan fingerprint density at radius 2 is 1.83 bits per heavy atom. The maximum atomic E-state index is 12.5. The van der Waals surface area contributed by atoms with Crippen molar-refractivity contribution in [2.45, 2.75) is 33.1 Å². The van der Waals surface area contributed by atoms with E-state index in [1.54, 1.807) is 0 Å². The second-order valence-electron chi connectivity index (χ2n) is 3.84. The Morgan fingerprint density at radius 1 is 1.17 bits per heavy atom. The number of aryl methyl sites for hydroxylation is 2.